The summed E-state index contributed by atoms with van der Waals surface area (Å²) in [5.41, 5.74) is 1.96. The molecule has 0 spiro atoms. The van der Waals surface area contributed by atoms with E-state index in [1.54, 1.807) is 7.11 Å². The van der Waals surface area contributed by atoms with E-state index in [2.05, 4.69) is 31.0 Å². The molecule has 0 radical (unpaired) electrons. The number of likely N-dealkylation sites (tertiary alicyclic amines) is 1. The van der Waals surface area contributed by atoms with Crippen molar-refractivity contribution >= 4 is 11.8 Å². The van der Waals surface area contributed by atoms with E-state index < -0.39 is 0 Å². The van der Waals surface area contributed by atoms with Gasteiger partial charge in [-0.2, -0.15) is 0 Å². The number of ether oxygens (including phenoxy) is 3. The van der Waals surface area contributed by atoms with Crippen molar-refractivity contribution in [2.24, 2.45) is 5.41 Å². The highest BCUT2D eigenvalue weighted by molar-refractivity contribution is 5.83. The summed E-state index contributed by atoms with van der Waals surface area (Å²) in [5.74, 6) is 2.53. The van der Waals surface area contributed by atoms with Gasteiger partial charge in [0.1, 0.15) is 5.75 Å². The molecule has 9 heteroatoms. The number of fused-ring (bicyclic) bond motifs is 1. The number of carbonyl (C=O) groups excluding carboxylic acids is 2. The molecule has 216 valence electrons. The van der Waals surface area contributed by atoms with Crippen molar-refractivity contribution in [3.05, 3.63) is 53.6 Å². The third-order valence-corrected chi connectivity index (χ3v) is 7.87. The van der Waals surface area contributed by atoms with Gasteiger partial charge in [-0.3, -0.25) is 14.5 Å². The van der Waals surface area contributed by atoms with E-state index in [9.17, 15) is 9.59 Å². The van der Waals surface area contributed by atoms with Crippen LogP contribution in [0, 0.1) is 5.41 Å². The molecule has 2 fully saturated rings. The highest BCUT2D eigenvalue weighted by Gasteiger charge is 2.42. The Bertz CT molecular complexity index is 1190. The molecule has 3 aliphatic rings. The maximum absolute atomic E-state index is 13.9. The van der Waals surface area contributed by atoms with Gasteiger partial charge in [0.2, 0.25) is 18.6 Å². The first-order valence-electron chi connectivity index (χ1n) is 14.2. The Kier molecular flexibility index (Phi) is 8.51. The fourth-order valence-electron chi connectivity index (χ4n) is 5.81. The van der Waals surface area contributed by atoms with Crippen molar-refractivity contribution in [1.29, 1.82) is 0 Å². The molecule has 3 aliphatic heterocycles. The monoisotopic (exact) mass is 550 g/mol. The SMILES string of the molecule is COc1ccc(CN(C(=O)CC(C)(C)C)[C@@H]2C[C@@H](C(=O)N3CCNCC3)N(Cc3ccc4c(c3)OCO4)C2)cc1. The van der Waals surface area contributed by atoms with E-state index in [4.69, 9.17) is 14.2 Å². The fourth-order valence-corrected chi connectivity index (χ4v) is 5.81. The first kappa shape index (κ1) is 28.2. The van der Waals surface area contributed by atoms with Crippen molar-refractivity contribution in [1.82, 2.24) is 20.0 Å². The number of hydrogen-bond acceptors (Lipinski definition) is 7. The van der Waals surface area contributed by atoms with Crippen molar-refractivity contribution in [2.45, 2.75) is 58.8 Å². The smallest absolute Gasteiger partial charge is 0.240 e. The van der Waals surface area contributed by atoms with Crippen LogP contribution in [-0.4, -0.2) is 85.2 Å². The largest absolute Gasteiger partial charge is 0.497 e. The molecular formula is C31H42N4O5. The predicted molar refractivity (Wildman–Crippen MR) is 152 cm³/mol. The molecule has 3 heterocycles. The van der Waals surface area contributed by atoms with Crippen LogP contribution >= 0.6 is 0 Å². The maximum Gasteiger partial charge on any atom is 0.240 e. The second-order valence-corrected chi connectivity index (χ2v) is 12.2. The van der Waals surface area contributed by atoms with Crippen LogP contribution in [0.2, 0.25) is 0 Å². The molecule has 1 N–H and O–H groups in total. The number of hydrogen-bond donors (Lipinski definition) is 1. The fraction of sp³-hybridized carbons (Fsp3) is 0.548. The summed E-state index contributed by atoms with van der Waals surface area (Å²) in [4.78, 5) is 33.9. The summed E-state index contributed by atoms with van der Waals surface area (Å²) in [7, 11) is 1.65. The van der Waals surface area contributed by atoms with Gasteiger partial charge in [-0.15, -0.1) is 0 Å². The molecule has 0 saturated carbocycles. The molecule has 9 nitrogen and oxygen atoms in total. The van der Waals surface area contributed by atoms with Crippen LogP contribution in [-0.2, 0) is 22.7 Å². The van der Waals surface area contributed by atoms with Gasteiger partial charge in [-0.25, -0.2) is 0 Å². The van der Waals surface area contributed by atoms with Crippen LogP contribution in [0.1, 0.15) is 44.7 Å². The molecule has 0 unspecified atom stereocenters. The third-order valence-electron chi connectivity index (χ3n) is 7.87. The highest BCUT2D eigenvalue weighted by atomic mass is 16.7. The first-order chi connectivity index (χ1) is 19.2. The highest BCUT2D eigenvalue weighted by Crippen LogP contribution is 2.35. The number of methoxy groups -OCH3 is 1. The zero-order valence-electron chi connectivity index (χ0n) is 24.2. The van der Waals surface area contributed by atoms with Crippen molar-refractivity contribution in [2.75, 3.05) is 46.6 Å². The number of rotatable bonds is 8. The van der Waals surface area contributed by atoms with Crippen LogP contribution in [0.4, 0.5) is 0 Å². The average Bonchev–Trinajstić information content (AvgIpc) is 3.58. The summed E-state index contributed by atoms with van der Waals surface area (Å²) in [6.45, 7) is 11.2. The molecule has 2 amide bonds. The van der Waals surface area contributed by atoms with Gasteiger partial charge in [-0.05, 0) is 47.2 Å². The molecule has 0 aliphatic carbocycles. The second kappa shape index (κ2) is 12.1. The van der Waals surface area contributed by atoms with E-state index >= 15 is 0 Å². The van der Waals surface area contributed by atoms with E-state index in [1.165, 1.54) is 0 Å². The lowest BCUT2D eigenvalue weighted by Gasteiger charge is -2.33. The van der Waals surface area contributed by atoms with Crippen molar-refractivity contribution < 1.29 is 23.8 Å². The molecule has 2 saturated heterocycles. The van der Waals surface area contributed by atoms with E-state index in [-0.39, 0.29) is 36.1 Å². The lowest BCUT2D eigenvalue weighted by Crippen LogP contribution is -2.52. The van der Waals surface area contributed by atoms with Gasteiger partial charge in [-0.1, -0.05) is 39.0 Å². The summed E-state index contributed by atoms with van der Waals surface area (Å²) in [6.07, 6.45) is 1.05. The molecular weight excluding hydrogens is 508 g/mol. The third kappa shape index (κ3) is 6.70. The number of carbonyl (C=O) groups is 2. The number of amides is 2. The molecule has 40 heavy (non-hydrogen) atoms. The average molecular weight is 551 g/mol. The van der Waals surface area contributed by atoms with Crippen LogP contribution in [0.5, 0.6) is 17.2 Å². The van der Waals surface area contributed by atoms with Gasteiger partial charge in [0.15, 0.2) is 11.5 Å². The first-order valence-corrected chi connectivity index (χ1v) is 14.2. The Hall–Kier alpha value is -3.30. The van der Waals surface area contributed by atoms with Crippen LogP contribution < -0.4 is 19.5 Å². The minimum absolute atomic E-state index is 0.0807. The molecule has 0 bridgehead atoms. The molecule has 2 aromatic carbocycles. The topological polar surface area (TPSA) is 83.6 Å². The number of piperazine rings is 1. The number of benzene rings is 2. The zero-order valence-corrected chi connectivity index (χ0v) is 24.2. The minimum atomic E-state index is -0.297. The van der Waals surface area contributed by atoms with Gasteiger partial charge >= 0.3 is 0 Å². The predicted octanol–water partition coefficient (Wildman–Crippen LogP) is 3.26. The molecule has 0 aromatic heterocycles. The molecule has 2 atom stereocenters. The number of nitrogens with zero attached hydrogens (tertiary/aromatic N) is 3. The maximum atomic E-state index is 13.9. The Labute approximate surface area is 237 Å². The quantitative estimate of drug-likeness (QED) is 0.540. The molecule has 5 rings (SSSR count). The summed E-state index contributed by atoms with van der Waals surface area (Å²) >= 11 is 0. The van der Waals surface area contributed by atoms with E-state index in [0.717, 1.165) is 41.5 Å². The van der Waals surface area contributed by atoms with Gasteiger partial charge in [0, 0.05) is 58.3 Å². The van der Waals surface area contributed by atoms with Gasteiger partial charge < -0.3 is 29.3 Å². The Balaban J connectivity index is 1.41. The molecule has 2 aromatic rings. The van der Waals surface area contributed by atoms with Crippen molar-refractivity contribution in [3.63, 3.8) is 0 Å². The van der Waals surface area contributed by atoms with Crippen molar-refractivity contribution in [3.8, 4) is 17.2 Å². The second-order valence-electron chi connectivity index (χ2n) is 12.2. The van der Waals surface area contributed by atoms with Crippen LogP contribution in [0.3, 0.4) is 0 Å². The summed E-state index contributed by atoms with van der Waals surface area (Å²) in [5, 5.41) is 3.34. The standard InChI is InChI=1S/C31H42N4O5/c1-31(2,3)17-29(36)35(19-22-5-8-25(38-4)9-6-22)24-16-26(30(37)33-13-11-32-12-14-33)34(20-24)18-23-7-10-27-28(15-23)40-21-39-27/h5-10,15,24,26,32H,11-14,16-21H2,1-4H3/t24-,26+/m1/s1. The van der Waals surface area contributed by atoms with Gasteiger partial charge in [0.05, 0.1) is 13.2 Å². The van der Waals surface area contributed by atoms with Gasteiger partial charge in [0.25, 0.3) is 0 Å². The summed E-state index contributed by atoms with van der Waals surface area (Å²) < 4.78 is 16.4. The van der Waals surface area contributed by atoms with E-state index in [1.807, 2.05) is 52.3 Å². The Morgan fingerprint density at radius 2 is 1.73 bits per heavy atom. The van der Waals surface area contributed by atoms with E-state index in [0.29, 0.717) is 45.6 Å². The Morgan fingerprint density at radius 1 is 1.02 bits per heavy atom. The lowest BCUT2D eigenvalue weighted by molar-refractivity contribution is -0.138. The minimum Gasteiger partial charge on any atom is -0.497 e. The Morgan fingerprint density at radius 3 is 2.42 bits per heavy atom. The normalized spacial score (nSPS) is 20.9. The zero-order chi connectivity index (χ0) is 28.3. The van der Waals surface area contributed by atoms with Crippen LogP contribution in [0.25, 0.3) is 0 Å². The summed E-state index contributed by atoms with van der Waals surface area (Å²) in [6, 6.07) is 13.5. The number of nitrogens with one attached hydrogen (secondary N) is 1. The van der Waals surface area contributed by atoms with Crippen LogP contribution in [0.15, 0.2) is 42.5 Å². The lowest BCUT2D eigenvalue weighted by atomic mass is 9.91.